The van der Waals surface area contributed by atoms with Crippen molar-refractivity contribution in [3.63, 3.8) is 0 Å². The van der Waals surface area contributed by atoms with Crippen LogP contribution in [0.3, 0.4) is 0 Å². The molecule has 0 unspecified atom stereocenters. The molecule has 1 saturated carbocycles. The number of benzene rings is 2. The lowest BCUT2D eigenvalue weighted by atomic mass is 10.0. The van der Waals surface area contributed by atoms with Gasteiger partial charge in [0.15, 0.2) is 0 Å². The summed E-state index contributed by atoms with van der Waals surface area (Å²) in [4.78, 5) is 21.0. The number of hydrogen-bond donors (Lipinski definition) is 2. The van der Waals surface area contributed by atoms with Crippen LogP contribution in [0.25, 0.3) is 11.1 Å². The molecule has 2 aliphatic rings. The number of halogens is 1. The molecule has 0 spiro atoms. The highest BCUT2D eigenvalue weighted by molar-refractivity contribution is 6.36. The Morgan fingerprint density at radius 2 is 1.86 bits per heavy atom. The highest BCUT2D eigenvalue weighted by Gasteiger charge is 2.23. The number of carbonyl (C=O) groups excluding carboxylic acids is 1. The van der Waals surface area contributed by atoms with Crippen molar-refractivity contribution in [3.05, 3.63) is 77.1 Å². The van der Waals surface area contributed by atoms with Gasteiger partial charge < -0.3 is 10.2 Å². The number of aromatic nitrogens is 1. The van der Waals surface area contributed by atoms with Gasteiger partial charge in [0.05, 0.1) is 16.3 Å². The van der Waals surface area contributed by atoms with Gasteiger partial charge in [0.25, 0.3) is 5.91 Å². The zero-order valence-electron chi connectivity index (χ0n) is 19.6. The molecule has 0 bridgehead atoms. The zero-order chi connectivity index (χ0) is 24.2. The van der Waals surface area contributed by atoms with Gasteiger partial charge in [-0.25, -0.2) is 5.53 Å². The molecule has 2 N–H and O–H groups in total. The fraction of sp³-hybridized carbons (Fsp3) is 0.333. The van der Waals surface area contributed by atoms with Crippen LogP contribution >= 0.6 is 11.6 Å². The van der Waals surface area contributed by atoms with Crippen LogP contribution in [0.5, 0.6) is 0 Å². The number of anilines is 1. The van der Waals surface area contributed by atoms with Crippen molar-refractivity contribution in [1.29, 1.82) is 5.53 Å². The summed E-state index contributed by atoms with van der Waals surface area (Å²) in [6.45, 7) is 4.83. The summed E-state index contributed by atoms with van der Waals surface area (Å²) in [5.41, 5.74) is 12.7. The minimum absolute atomic E-state index is 0.0477. The van der Waals surface area contributed by atoms with E-state index in [-0.39, 0.29) is 5.91 Å². The van der Waals surface area contributed by atoms with Gasteiger partial charge in [0.2, 0.25) is 0 Å². The van der Waals surface area contributed by atoms with Crippen LogP contribution in [0.15, 0.2) is 66.0 Å². The average Bonchev–Trinajstić information content (AvgIpc) is 3.73. The molecule has 1 aromatic heterocycles. The van der Waals surface area contributed by atoms with Gasteiger partial charge >= 0.3 is 0 Å². The van der Waals surface area contributed by atoms with Crippen molar-refractivity contribution in [2.45, 2.75) is 19.4 Å². The Kier molecular flexibility index (Phi) is 7.06. The molecular weight excluding hydrogens is 460 g/mol. The molecular formula is C27H29ClN6O. The standard InChI is InChI=1S/C27H29ClN6O/c28-25-23(9-10-24(26(25)32-29)31-16-19-3-4-19)21-7-5-20(6-8-21)18-33-12-14-34(15-13-33)27(35)22-2-1-11-30-17-22/h1-2,5-11,17,19,29,31H,3-4,12-16,18H2. The van der Waals surface area contributed by atoms with Crippen LogP contribution in [0, 0.1) is 11.4 Å². The number of amides is 1. The predicted molar refractivity (Wildman–Crippen MR) is 138 cm³/mol. The SMILES string of the molecule is N=Nc1c(NCC2CC2)ccc(-c2ccc(CN3CCN(C(=O)c4cccnc4)CC3)cc2)c1Cl. The van der Waals surface area contributed by atoms with Gasteiger partial charge in [0.1, 0.15) is 5.69 Å². The van der Waals surface area contributed by atoms with Gasteiger partial charge in [-0.05, 0) is 48.1 Å². The van der Waals surface area contributed by atoms with Crippen LogP contribution in [0.4, 0.5) is 11.4 Å². The third kappa shape index (κ3) is 5.52. The number of carbonyl (C=O) groups is 1. The van der Waals surface area contributed by atoms with E-state index in [4.69, 9.17) is 17.1 Å². The largest absolute Gasteiger partial charge is 0.383 e. The molecule has 2 heterocycles. The van der Waals surface area contributed by atoms with E-state index in [0.29, 0.717) is 29.4 Å². The Morgan fingerprint density at radius 1 is 1.09 bits per heavy atom. The molecule has 5 rings (SSSR count). The summed E-state index contributed by atoms with van der Waals surface area (Å²) in [6.07, 6.45) is 5.83. The minimum Gasteiger partial charge on any atom is -0.383 e. The molecule has 3 aromatic rings. The van der Waals surface area contributed by atoms with E-state index in [1.807, 2.05) is 23.1 Å². The molecule has 2 aromatic carbocycles. The van der Waals surface area contributed by atoms with Crippen LogP contribution < -0.4 is 5.32 Å². The fourth-order valence-corrected chi connectivity index (χ4v) is 4.76. The molecule has 0 atom stereocenters. The first kappa shape index (κ1) is 23.5. The summed E-state index contributed by atoms with van der Waals surface area (Å²) in [5, 5.41) is 7.60. The number of nitrogens with one attached hydrogen (secondary N) is 2. The maximum atomic E-state index is 12.6. The normalized spacial score (nSPS) is 16.2. The maximum absolute atomic E-state index is 12.6. The number of nitrogens with zero attached hydrogens (tertiary/aromatic N) is 4. The van der Waals surface area contributed by atoms with Crippen molar-refractivity contribution < 1.29 is 4.79 Å². The molecule has 2 fully saturated rings. The number of piperazine rings is 1. The first-order chi connectivity index (χ1) is 17.1. The van der Waals surface area contributed by atoms with E-state index < -0.39 is 0 Å². The molecule has 35 heavy (non-hydrogen) atoms. The Bertz CT molecular complexity index is 1190. The number of rotatable bonds is 8. The van der Waals surface area contributed by atoms with E-state index >= 15 is 0 Å². The summed E-state index contributed by atoms with van der Waals surface area (Å²) in [7, 11) is 0. The second-order valence-corrected chi connectivity index (χ2v) is 9.64. The van der Waals surface area contributed by atoms with Crippen molar-refractivity contribution >= 4 is 28.9 Å². The molecule has 7 nitrogen and oxygen atoms in total. The third-order valence-electron chi connectivity index (χ3n) is 6.75. The third-order valence-corrected chi connectivity index (χ3v) is 7.13. The second-order valence-electron chi connectivity index (χ2n) is 9.27. The fourth-order valence-electron chi connectivity index (χ4n) is 4.44. The highest BCUT2D eigenvalue weighted by atomic mass is 35.5. The zero-order valence-corrected chi connectivity index (χ0v) is 20.3. The summed E-state index contributed by atoms with van der Waals surface area (Å²) in [5.74, 6) is 0.774. The second kappa shape index (κ2) is 10.5. The molecule has 1 amide bonds. The molecule has 0 radical (unpaired) electrons. The van der Waals surface area contributed by atoms with Gasteiger partial charge in [-0.1, -0.05) is 41.9 Å². The van der Waals surface area contributed by atoms with E-state index in [1.54, 1.807) is 18.5 Å². The van der Waals surface area contributed by atoms with Crippen LogP contribution in [0.2, 0.25) is 5.02 Å². The molecule has 1 aliphatic heterocycles. The summed E-state index contributed by atoms with van der Waals surface area (Å²) >= 11 is 6.66. The maximum Gasteiger partial charge on any atom is 0.255 e. The molecule has 1 aliphatic carbocycles. The summed E-state index contributed by atoms with van der Waals surface area (Å²) < 4.78 is 0. The van der Waals surface area contributed by atoms with Crippen LogP contribution in [0.1, 0.15) is 28.8 Å². The Morgan fingerprint density at radius 3 is 2.51 bits per heavy atom. The predicted octanol–water partition coefficient (Wildman–Crippen LogP) is 5.84. The van der Waals surface area contributed by atoms with Gasteiger partial charge in [-0.3, -0.25) is 14.7 Å². The monoisotopic (exact) mass is 488 g/mol. The lowest BCUT2D eigenvalue weighted by molar-refractivity contribution is 0.0628. The van der Waals surface area contributed by atoms with Crippen LogP contribution in [-0.4, -0.2) is 53.4 Å². The van der Waals surface area contributed by atoms with E-state index in [1.165, 1.54) is 18.4 Å². The molecule has 180 valence electrons. The molecule has 1 saturated heterocycles. The average molecular weight is 489 g/mol. The Hall–Kier alpha value is -3.29. The lowest BCUT2D eigenvalue weighted by Gasteiger charge is -2.34. The van der Waals surface area contributed by atoms with Crippen molar-refractivity contribution in [3.8, 4) is 11.1 Å². The van der Waals surface area contributed by atoms with Crippen molar-refractivity contribution in [1.82, 2.24) is 14.8 Å². The lowest BCUT2D eigenvalue weighted by Crippen LogP contribution is -2.48. The van der Waals surface area contributed by atoms with Gasteiger partial charge in [-0.15, -0.1) is 0 Å². The topological polar surface area (TPSA) is 84.7 Å². The van der Waals surface area contributed by atoms with E-state index in [2.05, 4.69) is 44.6 Å². The first-order valence-corrected chi connectivity index (χ1v) is 12.4. The van der Waals surface area contributed by atoms with E-state index in [9.17, 15) is 4.79 Å². The number of hydrogen-bond acceptors (Lipinski definition) is 6. The van der Waals surface area contributed by atoms with Crippen LogP contribution in [-0.2, 0) is 6.54 Å². The quantitative estimate of drug-likeness (QED) is 0.390. The van der Waals surface area contributed by atoms with Crippen molar-refractivity contribution in [2.75, 3.05) is 38.0 Å². The van der Waals surface area contributed by atoms with Gasteiger partial charge in [0, 0.05) is 57.2 Å². The summed E-state index contributed by atoms with van der Waals surface area (Å²) in [6, 6.07) is 16.0. The molecule has 8 heteroatoms. The number of pyridine rings is 1. The smallest absolute Gasteiger partial charge is 0.255 e. The Labute approximate surface area is 210 Å². The van der Waals surface area contributed by atoms with Crippen molar-refractivity contribution in [2.24, 2.45) is 11.0 Å². The van der Waals surface area contributed by atoms with Gasteiger partial charge in [-0.2, -0.15) is 5.11 Å². The van der Waals surface area contributed by atoms with E-state index in [0.717, 1.165) is 48.9 Å². The minimum atomic E-state index is 0.0477. The Balaban J connectivity index is 1.20. The highest BCUT2D eigenvalue weighted by Crippen LogP contribution is 2.41. The first-order valence-electron chi connectivity index (χ1n) is 12.1.